The van der Waals surface area contributed by atoms with Crippen molar-refractivity contribution in [2.45, 2.75) is 238 Å². The van der Waals surface area contributed by atoms with Gasteiger partial charge in [0.25, 0.3) is 0 Å². The van der Waals surface area contributed by atoms with Crippen molar-refractivity contribution in [1.82, 2.24) is 53.2 Å². The Hall–Kier alpha value is -7.42. The van der Waals surface area contributed by atoms with E-state index >= 15 is 0 Å². The van der Waals surface area contributed by atoms with E-state index in [0.717, 1.165) is 41.5 Å². The summed E-state index contributed by atoms with van der Waals surface area (Å²) in [6, 6.07) is -12.8. The van der Waals surface area contributed by atoms with Crippen LogP contribution in [0.3, 0.4) is 0 Å². The minimum absolute atomic E-state index is 0.418. The Morgan fingerprint density at radius 3 is 1.04 bits per heavy atom. The van der Waals surface area contributed by atoms with Gasteiger partial charge in [0.15, 0.2) is 25.2 Å². The SMILES string of the molecule is CC(=O)N[C@@H](CC(=O)NCCO[C@@H]1O[C@H](CO)[C@@H](O[C@@H]2O[C@H](CO)[C@H](O)[C@H](OS(=O)(=O)O)[C@H]2O)[C@H](O)[C@H]1O)C(=O)N[C@@H](C)C(=O)N[C@@H](C)C(=O)N[C@@H](CCC(N)=O)C(=O)N[C@@H](C)C(=O)N[C@@H](C)C(=O)N[C@@H](CC(=O)NCCO[C@@H]1O[C@H](CO)[C@@H](O[C@@H]2O[C@H](CO)[C@H](O)[C@H](OS(=O)(=O)O)[C@H]2O)[C@H](O)[C@H]1O)C(=O)N[C@@H](C)C(N)=O. The van der Waals surface area contributed by atoms with Gasteiger partial charge in [-0.1, -0.05) is 0 Å². The van der Waals surface area contributed by atoms with Crippen molar-refractivity contribution >= 4 is 91.7 Å². The molecule has 54 heteroatoms. The number of amides is 12. The van der Waals surface area contributed by atoms with Crippen molar-refractivity contribution < 1.29 is 191 Å². The highest BCUT2D eigenvalue weighted by atomic mass is 32.3. The van der Waals surface area contributed by atoms with Gasteiger partial charge in [0.1, 0.15) is 146 Å². The summed E-state index contributed by atoms with van der Waals surface area (Å²) in [4.78, 5) is 156. The van der Waals surface area contributed by atoms with E-state index in [0.29, 0.717) is 0 Å². The molecule has 28 atom stereocenters. The zero-order chi connectivity index (χ0) is 84.7. The molecule has 0 aromatic heterocycles. The second kappa shape index (κ2) is 44.5. The molecule has 0 aromatic carbocycles. The molecule has 0 saturated carbocycles. The molecule has 642 valence electrons. The van der Waals surface area contributed by atoms with Gasteiger partial charge >= 0.3 is 20.8 Å². The van der Waals surface area contributed by atoms with Gasteiger partial charge in [0.05, 0.1) is 52.5 Å². The van der Waals surface area contributed by atoms with E-state index in [-0.39, 0.29) is 0 Å². The number of hydrogen-bond acceptors (Lipinski definition) is 38. The van der Waals surface area contributed by atoms with Gasteiger partial charge in [-0.25, -0.2) is 8.37 Å². The Kier molecular flexibility index (Phi) is 38.5. The van der Waals surface area contributed by atoms with Crippen LogP contribution in [0.2, 0.25) is 0 Å². The Morgan fingerprint density at radius 2 is 0.705 bits per heavy atom. The van der Waals surface area contributed by atoms with E-state index in [4.69, 9.17) is 58.5 Å². The van der Waals surface area contributed by atoms with Crippen molar-refractivity contribution in [2.75, 3.05) is 52.7 Å². The highest BCUT2D eigenvalue weighted by Crippen LogP contribution is 2.33. The van der Waals surface area contributed by atoms with E-state index in [1.165, 1.54) is 0 Å². The zero-order valence-corrected chi connectivity index (χ0v) is 62.1. The average molecular weight is 1670 g/mol. The van der Waals surface area contributed by atoms with Crippen LogP contribution in [0.1, 0.15) is 67.2 Å². The van der Waals surface area contributed by atoms with Crippen LogP contribution in [0, 0.1) is 0 Å². The maximum absolute atomic E-state index is 13.6. The van der Waals surface area contributed by atoms with Gasteiger partial charge in [-0.2, -0.15) is 16.8 Å². The lowest BCUT2D eigenvalue weighted by Gasteiger charge is -2.46. The fraction of sp³-hybridized carbons (Fsp3) is 0.793. The molecular formula is C58H98N12O40S2. The number of rotatable bonds is 43. The van der Waals surface area contributed by atoms with Gasteiger partial charge in [-0.15, -0.1) is 0 Å². The first-order valence-corrected chi connectivity index (χ1v) is 36.8. The van der Waals surface area contributed by atoms with Crippen molar-refractivity contribution in [2.24, 2.45) is 11.5 Å². The monoisotopic (exact) mass is 1670 g/mol. The Balaban J connectivity index is 1.27. The summed E-state index contributed by atoms with van der Waals surface area (Å²) in [6.45, 7) is 0.653. The molecule has 28 N–H and O–H groups in total. The molecule has 0 aromatic rings. The van der Waals surface area contributed by atoms with Crippen LogP contribution < -0.4 is 64.6 Å². The summed E-state index contributed by atoms with van der Waals surface area (Å²) >= 11 is 0. The van der Waals surface area contributed by atoms with E-state index < -0.39 is 341 Å². The van der Waals surface area contributed by atoms with Crippen molar-refractivity contribution in [3.63, 3.8) is 0 Å². The Morgan fingerprint density at radius 1 is 0.393 bits per heavy atom. The first-order chi connectivity index (χ1) is 52.2. The number of ether oxygens (including phenoxy) is 8. The van der Waals surface area contributed by atoms with E-state index in [1.54, 1.807) is 0 Å². The molecule has 0 aliphatic carbocycles. The fourth-order valence-electron chi connectivity index (χ4n) is 10.9. The van der Waals surface area contributed by atoms with Crippen LogP contribution in [0.5, 0.6) is 0 Å². The maximum Gasteiger partial charge on any atom is 0.397 e. The van der Waals surface area contributed by atoms with Crippen LogP contribution in [-0.4, -0.2) is 382 Å². The van der Waals surface area contributed by atoms with E-state index in [1.807, 2.05) is 0 Å². The van der Waals surface area contributed by atoms with Gasteiger partial charge in [0, 0.05) is 26.4 Å². The van der Waals surface area contributed by atoms with Crippen LogP contribution in [0.4, 0.5) is 0 Å². The molecule has 4 aliphatic heterocycles. The normalized spacial score (nSPS) is 30.3. The summed E-state index contributed by atoms with van der Waals surface area (Å²) in [6.07, 6.45) is -42.0. The summed E-state index contributed by atoms with van der Waals surface area (Å²) in [5.74, 6) is -12.5. The van der Waals surface area contributed by atoms with Crippen molar-refractivity contribution in [1.29, 1.82) is 0 Å². The summed E-state index contributed by atoms with van der Waals surface area (Å²) in [5, 5.41) is 148. The molecule has 0 bridgehead atoms. The fourth-order valence-corrected chi connectivity index (χ4v) is 11.9. The molecule has 4 rings (SSSR count). The second-order valence-corrected chi connectivity index (χ2v) is 27.9. The number of aliphatic hydroxyl groups is 12. The molecule has 4 aliphatic rings. The first kappa shape index (κ1) is 96.9. The number of nitrogens with two attached hydrogens (primary N) is 2. The predicted octanol–water partition coefficient (Wildman–Crippen LogP) is -17.3. The highest BCUT2D eigenvalue weighted by Gasteiger charge is 2.55. The predicted molar refractivity (Wildman–Crippen MR) is 358 cm³/mol. The maximum atomic E-state index is 13.6. The lowest BCUT2D eigenvalue weighted by atomic mass is 9.97. The van der Waals surface area contributed by atoms with Crippen molar-refractivity contribution in [3.05, 3.63) is 0 Å². The highest BCUT2D eigenvalue weighted by molar-refractivity contribution is 7.81. The molecule has 52 nitrogen and oxygen atoms in total. The minimum atomic E-state index is -5.34. The minimum Gasteiger partial charge on any atom is -0.394 e. The lowest BCUT2D eigenvalue weighted by Crippen LogP contribution is -2.65. The molecule has 0 radical (unpaired) electrons. The Labute approximate surface area is 636 Å². The molecule has 112 heavy (non-hydrogen) atoms. The lowest BCUT2D eigenvalue weighted by molar-refractivity contribution is -0.357. The number of carbonyl (C=O) groups is 12. The molecule has 4 heterocycles. The number of carbonyl (C=O) groups excluding carboxylic acids is 12. The number of aliphatic hydroxyl groups excluding tert-OH is 12. The molecule has 0 spiro atoms. The average Bonchev–Trinajstić information content (AvgIpc) is 0.783. The van der Waals surface area contributed by atoms with Crippen LogP contribution in [0.15, 0.2) is 0 Å². The summed E-state index contributed by atoms with van der Waals surface area (Å²) in [7, 11) is -10.7. The molecule has 4 saturated heterocycles. The van der Waals surface area contributed by atoms with Crippen LogP contribution in [-0.2, 0) is 125 Å². The molecule has 4 fully saturated rings. The zero-order valence-electron chi connectivity index (χ0n) is 60.5. The number of primary amides is 2. The second-order valence-electron chi connectivity index (χ2n) is 25.8. The molecular weight excluding hydrogens is 1570 g/mol. The third-order valence-electron chi connectivity index (χ3n) is 17.0. The van der Waals surface area contributed by atoms with Gasteiger partial charge in [-0.05, 0) is 41.0 Å². The van der Waals surface area contributed by atoms with E-state index in [9.17, 15) is 136 Å². The topological polar surface area (TPSA) is 821 Å². The first-order valence-electron chi connectivity index (χ1n) is 34.0. The molecule has 12 amide bonds. The van der Waals surface area contributed by atoms with Crippen molar-refractivity contribution in [3.8, 4) is 0 Å². The number of hydrogen-bond donors (Lipinski definition) is 26. The smallest absolute Gasteiger partial charge is 0.394 e. The van der Waals surface area contributed by atoms with Crippen LogP contribution >= 0.6 is 0 Å². The van der Waals surface area contributed by atoms with Crippen LogP contribution in [0.25, 0.3) is 0 Å². The summed E-state index contributed by atoms with van der Waals surface area (Å²) < 4.78 is 116. The van der Waals surface area contributed by atoms with Gasteiger partial charge in [0.2, 0.25) is 70.9 Å². The van der Waals surface area contributed by atoms with E-state index in [2.05, 4.69) is 61.5 Å². The quantitative estimate of drug-likeness (QED) is 0.0199. The van der Waals surface area contributed by atoms with Gasteiger partial charge < -0.3 is 164 Å². The summed E-state index contributed by atoms with van der Waals surface area (Å²) in [5.41, 5.74) is 10.6. The molecule has 0 unspecified atom stereocenters. The number of nitrogens with one attached hydrogen (secondary N) is 10. The third-order valence-corrected chi connectivity index (χ3v) is 17.9. The largest absolute Gasteiger partial charge is 0.397 e. The third kappa shape index (κ3) is 29.5. The van der Waals surface area contributed by atoms with Gasteiger partial charge in [-0.3, -0.25) is 66.6 Å². The standard InChI is InChI=1S/C58H98N12O40S2/c1-19(47(60)87)63-54(94)27(14-34(78)62-10-12-102-56-40(84)38(82)44(31(18-74)106-56)108-58-42(86)46(110-112(98,99)100)36(80)29(16-72)104-58)70-51(91)23(5)65-48(88)20(2)66-52(92)25(7-8-32(59)76)69-50(90)22(4)64-49(89)21(3)67-53(93)26(68-24(6)75)13-33(77)61-9-11-101-55-39(83)37(81)43(30(17-73)105-55)107-57-41(85)45(109-111(95,96)97)35(79)28(15-71)103-57/h19-23,25-31,35-46,55-58,71-74,79-86H,7-18H2,1-6H3,(H2,59,76)(H2,60,87)(H,61,77)(H,62,78)(H,63,94)(H,64,89)(H,65,88)(H,66,92)(H,67,93)(H,68,75)(H,69,90)(H,70,91)(H,95,96,97)(H,98,99,100)/t19-,20-,21-,22-,23-,25-,26-,27-,28+,29+,30+,31+,35-,36-,37+,38+,39+,40+,41+,42+,43+,44+,45-,46-,55+,56+,57-,58-/m0/s1. The Bertz CT molecular complexity index is 3450.